The van der Waals surface area contributed by atoms with Gasteiger partial charge < -0.3 is 10.2 Å². The van der Waals surface area contributed by atoms with Gasteiger partial charge in [-0.1, -0.05) is 82.7 Å². The summed E-state index contributed by atoms with van der Waals surface area (Å²) < 4.78 is 1.01. The molecule has 0 radical (unpaired) electrons. The number of rotatable bonds is 6. The fourth-order valence-electron chi connectivity index (χ4n) is 4.62. The highest BCUT2D eigenvalue weighted by atomic mass is 127. The summed E-state index contributed by atoms with van der Waals surface area (Å²) in [4.78, 5) is 15.3. The number of alkyl halides is 1. The Morgan fingerprint density at radius 3 is 2.50 bits per heavy atom. The van der Waals surface area contributed by atoms with Gasteiger partial charge in [0.2, 0.25) is 0 Å². The maximum Gasteiger partial charge on any atom is 0.253 e. The van der Waals surface area contributed by atoms with Crippen LogP contribution in [0.25, 0.3) is 11.1 Å². The highest BCUT2D eigenvalue weighted by Crippen LogP contribution is 2.30. The van der Waals surface area contributed by atoms with E-state index in [9.17, 15) is 4.79 Å². The molecule has 1 heterocycles. The van der Waals surface area contributed by atoms with Gasteiger partial charge in [-0.15, -0.1) is 0 Å². The van der Waals surface area contributed by atoms with Crippen LogP contribution in [0.1, 0.15) is 45.8 Å². The second kappa shape index (κ2) is 10.7. The lowest BCUT2D eigenvalue weighted by atomic mass is 9.87. The molecule has 0 aliphatic carbocycles. The van der Waals surface area contributed by atoms with E-state index in [0.717, 1.165) is 48.0 Å². The Balaban J connectivity index is 1.44. The molecule has 1 fully saturated rings. The number of nitrogens with zero attached hydrogens (tertiary/aromatic N) is 1. The lowest BCUT2D eigenvalue weighted by molar-refractivity contribution is 0.0713. The SMILES string of the molecule is Bc1cc(-c2cccc(C(=O)N3CCC(c4cccc(CNC)c4)CC3)c2)ccc1CI. The Morgan fingerprint density at radius 1 is 1.03 bits per heavy atom. The van der Waals surface area contributed by atoms with Gasteiger partial charge in [-0.2, -0.15) is 0 Å². The van der Waals surface area contributed by atoms with Crippen LogP contribution in [-0.4, -0.2) is 38.8 Å². The molecule has 1 aliphatic rings. The molecule has 0 saturated carbocycles. The molecule has 0 unspecified atom stereocenters. The number of carbonyl (C=O) groups is 1. The second-order valence-electron chi connectivity index (χ2n) is 8.70. The number of hydrogen-bond acceptors (Lipinski definition) is 2. The first-order chi connectivity index (χ1) is 15.6. The molecule has 1 amide bonds. The third-order valence-electron chi connectivity index (χ3n) is 6.51. The van der Waals surface area contributed by atoms with Crippen molar-refractivity contribution in [2.45, 2.75) is 29.7 Å². The zero-order valence-corrected chi connectivity index (χ0v) is 21.1. The predicted molar refractivity (Wildman–Crippen MR) is 145 cm³/mol. The van der Waals surface area contributed by atoms with Crippen LogP contribution in [0.4, 0.5) is 0 Å². The van der Waals surface area contributed by atoms with Crippen LogP contribution in [0.3, 0.4) is 0 Å². The van der Waals surface area contributed by atoms with Crippen molar-refractivity contribution in [1.82, 2.24) is 10.2 Å². The highest BCUT2D eigenvalue weighted by molar-refractivity contribution is 14.1. The lowest BCUT2D eigenvalue weighted by Gasteiger charge is -2.32. The first-order valence-electron chi connectivity index (χ1n) is 11.4. The summed E-state index contributed by atoms with van der Waals surface area (Å²) in [5.74, 6) is 0.677. The van der Waals surface area contributed by atoms with E-state index in [4.69, 9.17) is 0 Å². The molecule has 1 N–H and O–H groups in total. The number of halogens is 1. The summed E-state index contributed by atoms with van der Waals surface area (Å²) in [6.45, 7) is 2.52. The van der Waals surface area contributed by atoms with E-state index in [0.29, 0.717) is 5.92 Å². The normalized spacial score (nSPS) is 14.5. The lowest BCUT2D eigenvalue weighted by Crippen LogP contribution is -2.37. The van der Waals surface area contributed by atoms with Gasteiger partial charge >= 0.3 is 0 Å². The summed E-state index contributed by atoms with van der Waals surface area (Å²) in [6, 6.07) is 23.6. The van der Waals surface area contributed by atoms with Gasteiger partial charge in [0, 0.05) is 29.6 Å². The van der Waals surface area contributed by atoms with Crippen molar-refractivity contribution in [2.24, 2.45) is 0 Å². The zero-order chi connectivity index (χ0) is 22.5. The second-order valence-corrected chi connectivity index (χ2v) is 9.46. The molecule has 0 bridgehead atoms. The zero-order valence-electron chi connectivity index (χ0n) is 18.9. The summed E-state index contributed by atoms with van der Waals surface area (Å²) in [7, 11) is 4.14. The number of nitrogens with one attached hydrogen (secondary N) is 1. The van der Waals surface area contributed by atoms with E-state index in [1.165, 1.54) is 27.7 Å². The standard InChI is InChI=1S/C27H30BIN2O/c1-30-18-19-4-2-5-21(14-19)20-10-12-31(13-11-20)27(32)24-7-3-6-22(15-24)23-8-9-25(17-29)26(28)16-23/h2-9,14-16,20,30H,10-13,17-18,28H2,1H3. The largest absolute Gasteiger partial charge is 0.339 e. The monoisotopic (exact) mass is 536 g/mol. The van der Waals surface area contributed by atoms with E-state index in [1.807, 2.05) is 30.1 Å². The Labute approximate surface area is 206 Å². The average molecular weight is 536 g/mol. The van der Waals surface area contributed by atoms with Crippen LogP contribution < -0.4 is 10.8 Å². The van der Waals surface area contributed by atoms with E-state index in [-0.39, 0.29) is 5.91 Å². The molecule has 3 aromatic carbocycles. The Morgan fingerprint density at radius 2 is 1.78 bits per heavy atom. The molecule has 32 heavy (non-hydrogen) atoms. The van der Waals surface area contributed by atoms with E-state index in [2.05, 4.69) is 84.3 Å². The number of benzene rings is 3. The van der Waals surface area contributed by atoms with E-state index in [1.54, 1.807) is 0 Å². The van der Waals surface area contributed by atoms with E-state index < -0.39 is 0 Å². The molecular weight excluding hydrogens is 506 g/mol. The van der Waals surface area contributed by atoms with Crippen molar-refractivity contribution < 1.29 is 4.79 Å². The minimum absolute atomic E-state index is 0.148. The smallest absolute Gasteiger partial charge is 0.253 e. The quantitative estimate of drug-likeness (QED) is 0.290. The van der Waals surface area contributed by atoms with Crippen molar-refractivity contribution in [3.63, 3.8) is 0 Å². The molecule has 1 aliphatic heterocycles. The Hall–Kier alpha value is -2.12. The number of likely N-dealkylation sites (tertiary alicyclic amines) is 1. The van der Waals surface area contributed by atoms with Crippen molar-refractivity contribution in [1.29, 1.82) is 0 Å². The fraction of sp³-hybridized carbons (Fsp3) is 0.296. The summed E-state index contributed by atoms with van der Waals surface area (Å²) in [5.41, 5.74) is 8.45. The number of piperidine rings is 1. The molecule has 5 heteroatoms. The maximum atomic E-state index is 13.2. The van der Waals surface area contributed by atoms with Gasteiger partial charge in [0.05, 0.1) is 0 Å². The predicted octanol–water partition coefficient (Wildman–Crippen LogP) is 4.29. The number of amides is 1. The van der Waals surface area contributed by atoms with Crippen LogP contribution in [-0.2, 0) is 11.0 Å². The van der Waals surface area contributed by atoms with Crippen molar-refractivity contribution in [3.8, 4) is 11.1 Å². The van der Waals surface area contributed by atoms with Crippen LogP contribution in [0.15, 0.2) is 66.7 Å². The number of hydrogen-bond donors (Lipinski definition) is 1. The van der Waals surface area contributed by atoms with Crippen LogP contribution in [0.5, 0.6) is 0 Å². The molecule has 164 valence electrons. The van der Waals surface area contributed by atoms with Crippen molar-refractivity contribution >= 4 is 41.8 Å². The van der Waals surface area contributed by atoms with Gasteiger partial charge in [-0.05, 0) is 65.8 Å². The molecule has 3 nitrogen and oxygen atoms in total. The third-order valence-corrected chi connectivity index (χ3v) is 7.34. The van der Waals surface area contributed by atoms with Gasteiger partial charge in [-0.25, -0.2) is 0 Å². The van der Waals surface area contributed by atoms with Crippen LogP contribution in [0.2, 0.25) is 0 Å². The first kappa shape index (κ1) is 23.1. The average Bonchev–Trinajstić information content (AvgIpc) is 2.84. The Bertz CT molecular complexity index is 1090. The topological polar surface area (TPSA) is 32.3 Å². The van der Waals surface area contributed by atoms with Crippen LogP contribution in [0, 0.1) is 0 Å². The number of carbonyl (C=O) groups excluding carboxylic acids is 1. The molecular formula is C27H30BIN2O. The molecule has 3 aromatic rings. The van der Waals surface area contributed by atoms with Gasteiger partial charge in [0.15, 0.2) is 0 Å². The minimum atomic E-state index is 0.148. The first-order valence-corrected chi connectivity index (χ1v) is 12.9. The third kappa shape index (κ3) is 5.26. The van der Waals surface area contributed by atoms with Gasteiger partial charge in [0.25, 0.3) is 5.91 Å². The molecule has 4 rings (SSSR count). The summed E-state index contributed by atoms with van der Waals surface area (Å²) in [6.07, 6.45) is 2.04. The van der Waals surface area contributed by atoms with Crippen molar-refractivity contribution in [2.75, 3.05) is 20.1 Å². The van der Waals surface area contributed by atoms with Gasteiger partial charge in [0.1, 0.15) is 7.85 Å². The summed E-state index contributed by atoms with van der Waals surface area (Å²) >= 11 is 2.40. The fourth-order valence-corrected chi connectivity index (χ4v) is 5.47. The van der Waals surface area contributed by atoms with Crippen LogP contribution >= 0.6 is 22.6 Å². The van der Waals surface area contributed by atoms with Gasteiger partial charge in [-0.3, -0.25) is 4.79 Å². The maximum absolute atomic E-state index is 13.2. The Kier molecular flexibility index (Phi) is 7.69. The molecule has 0 atom stereocenters. The van der Waals surface area contributed by atoms with Crippen molar-refractivity contribution in [3.05, 3.63) is 89.0 Å². The minimum Gasteiger partial charge on any atom is -0.339 e. The highest BCUT2D eigenvalue weighted by Gasteiger charge is 2.25. The molecule has 0 aromatic heterocycles. The molecule has 0 spiro atoms. The molecule has 1 saturated heterocycles. The van der Waals surface area contributed by atoms with E-state index >= 15 is 0 Å². The summed E-state index contributed by atoms with van der Waals surface area (Å²) in [5, 5.41) is 3.23.